The van der Waals surface area contributed by atoms with Gasteiger partial charge in [0.2, 0.25) is 5.88 Å². The molecule has 2 aromatic carbocycles. The van der Waals surface area contributed by atoms with Gasteiger partial charge in [0.05, 0.1) is 34.9 Å². The normalized spacial score (nSPS) is 11.9. The summed E-state index contributed by atoms with van der Waals surface area (Å²) in [6.07, 6.45) is 0.821. The molecule has 0 spiro atoms. The van der Waals surface area contributed by atoms with Crippen molar-refractivity contribution in [2.24, 2.45) is 0 Å². The molecule has 0 aliphatic rings. The van der Waals surface area contributed by atoms with E-state index >= 15 is 0 Å². The lowest BCUT2D eigenvalue weighted by Crippen LogP contribution is -2.17. The molecular weight excluding hydrogens is 470 g/mol. The maximum atomic E-state index is 13.9. The summed E-state index contributed by atoms with van der Waals surface area (Å²) < 4.78 is 25.3. The number of hydrogen-bond donors (Lipinski definition) is 2. The third kappa shape index (κ3) is 4.44. The van der Waals surface area contributed by atoms with E-state index in [1.807, 2.05) is 0 Å². The second-order valence-electron chi connectivity index (χ2n) is 7.14. The maximum Gasteiger partial charge on any atom is 0.251 e. The average molecular weight is 489 g/mol. The van der Waals surface area contributed by atoms with E-state index in [1.165, 1.54) is 25.4 Å². The number of carbonyl (C=O) groups excluding carboxylic acids is 1. The van der Waals surface area contributed by atoms with Crippen LogP contribution >= 0.6 is 23.2 Å². The van der Waals surface area contributed by atoms with Crippen molar-refractivity contribution in [1.29, 1.82) is 0 Å². The van der Waals surface area contributed by atoms with Crippen molar-refractivity contribution in [3.05, 3.63) is 69.6 Å². The molecule has 0 unspecified atom stereocenters. The third-order valence-electron chi connectivity index (χ3n) is 5.04. The van der Waals surface area contributed by atoms with Gasteiger partial charge < -0.3 is 19.8 Å². The highest BCUT2D eigenvalue weighted by Crippen LogP contribution is 2.37. The summed E-state index contributed by atoms with van der Waals surface area (Å²) in [5, 5.41) is 2.79. The Morgan fingerprint density at radius 1 is 1.21 bits per heavy atom. The van der Waals surface area contributed by atoms with Crippen LogP contribution in [0.3, 0.4) is 0 Å². The molecule has 0 fully saturated rings. The van der Waals surface area contributed by atoms with Gasteiger partial charge in [-0.05, 0) is 43.3 Å². The highest BCUT2D eigenvalue weighted by molar-refractivity contribution is 6.36. The fourth-order valence-electron chi connectivity index (χ4n) is 3.43. The summed E-state index contributed by atoms with van der Waals surface area (Å²) in [4.78, 5) is 24.0. The summed E-state index contributed by atoms with van der Waals surface area (Å²) in [6.45, 7) is 1.71. The number of carbonyl (C=O) groups is 1. The molecule has 2 aromatic heterocycles. The predicted octanol–water partition coefficient (Wildman–Crippen LogP) is 5.58. The van der Waals surface area contributed by atoms with Gasteiger partial charge in [-0.2, -0.15) is 0 Å². The fraction of sp³-hybridized carbons (Fsp3) is 0.174. The Morgan fingerprint density at radius 2 is 2.00 bits per heavy atom. The van der Waals surface area contributed by atoms with Crippen LogP contribution in [0.1, 0.15) is 28.9 Å². The zero-order valence-electron chi connectivity index (χ0n) is 17.9. The first kappa shape index (κ1) is 22.8. The SMILES string of the molecule is CNC(=O)c1ccc2nc(-c3cc(O[C@H](C)c4c(Cl)ccc(F)c4Cl)cnc3OC)[nH]c2c1. The molecule has 0 saturated heterocycles. The summed E-state index contributed by atoms with van der Waals surface area (Å²) in [7, 11) is 3.06. The zero-order chi connectivity index (χ0) is 23.7. The van der Waals surface area contributed by atoms with Crippen LogP contribution in [-0.2, 0) is 0 Å². The number of halogens is 3. The number of nitrogens with one attached hydrogen (secondary N) is 2. The largest absolute Gasteiger partial charge is 0.484 e. The molecule has 0 bridgehead atoms. The third-order valence-corrected chi connectivity index (χ3v) is 5.76. The van der Waals surface area contributed by atoms with Gasteiger partial charge in [-0.3, -0.25) is 4.79 Å². The summed E-state index contributed by atoms with van der Waals surface area (Å²) in [6, 6.07) is 9.47. The molecule has 0 radical (unpaired) electrons. The molecular formula is C23H19Cl2FN4O3. The lowest BCUT2D eigenvalue weighted by Gasteiger charge is -2.18. The zero-order valence-corrected chi connectivity index (χ0v) is 19.4. The molecule has 1 amide bonds. The van der Waals surface area contributed by atoms with E-state index in [4.69, 9.17) is 32.7 Å². The summed E-state index contributed by atoms with van der Waals surface area (Å²) in [5.41, 5.74) is 2.71. The van der Waals surface area contributed by atoms with Crippen LogP contribution in [0.2, 0.25) is 10.0 Å². The van der Waals surface area contributed by atoms with Crippen molar-refractivity contribution >= 4 is 40.1 Å². The number of imidazole rings is 1. The topological polar surface area (TPSA) is 89.1 Å². The molecule has 0 aliphatic carbocycles. The lowest BCUT2D eigenvalue weighted by molar-refractivity contribution is 0.0963. The first-order valence-electron chi connectivity index (χ1n) is 9.88. The minimum atomic E-state index is -0.658. The second-order valence-corrected chi connectivity index (χ2v) is 7.93. The number of methoxy groups -OCH3 is 1. The number of hydrogen-bond acceptors (Lipinski definition) is 5. The number of H-pyrrole nitrogens is 1. The number of benzene rings is 2. The smallest absolute Gasteiger partial charge is 0.251 e. The van der Waals surface area contributed by atoms with Crippen LogP contribution < -0.4 is 14.8 Å². The Bertz CT molecular complexity index is 1360. The highest BCUT2D eigenvalue weighted by Gasteiger charge is 2.20. The molecule has 4 rings (SSSR count). The first-order valence-corrected chi connectivity index (χ1v) is 10.6. The minimum Gasteiger partial charge on any atom is -0.484 e. The predicted molar refractivity (Wildman–Crippen MR) is 125 cm³/mol. The van der Waals surface area contributed by atoms with Gasteiger partial charge in [-0.15, -0.1) is 0 Å². The van der Waals surface area contributed by atoms with Crippen LogP contribution in [0.25, 0.3) is 22.4 Å². The van der Waals surface area contributed by atoms with Crippen LogP contribution in [0.4, 0.5) is 4.39 Å². The molecule has 0 aliphatic heterocycles. The van der Waals surface area contributed by atoms with E-state index in [0.29, 0.717) is 50.2 Å². The number of fused-ring (bicyclic) bond motifs is 1. The minimum absolute atomic E-state index is 0.0964. The number of aromatic amines is 1. The lowest BCUT2D eigenvalue weighted by atomic mass is 10.1. The molecule has 0 saturated carbocycles. The van der Waals surface area contributed by atoms with E-state index in [0.717, 1.165) is 0 Å². The summed E-state index contributed by atoms with van der Waals surface area (Å²) in [5.74, 6) is 0.386. The van der Waals surface area contributed by atoms with E-state index in [1.54, 1.807) is 38.2 Å². The van der Waals surface area contributed by atoms with Crippen molar-refractivity contribution in [3.63, 3.8) is 0 Å². The monoisotopic (exact) mass is 488 g/mol. The Labute approximate surface area is 198 Å². The number of rotatable bonds is 6. The number of ether oxygens (including phenoxy) is 2. The number of nitrogens with zero attached hydrogens (tertiary/aromatic N) is 2. The molecule has 2 heterocycles. The molecule has 4 aromatic rings. The molecule has 2 N–H and O–H groups in total. The maximum absolute atomic E-state index is 13.9. The van der Waals surface area contributed by atoms with Crippen molar-refractivity contribution in [2.45, 2.75) is 13.0 Å². The highest BCUT2D eigenvalue weighted by atomic mass is 35.5. The molecule has 7 nitrogen and oxygen atoms in total. The quantitative estimate of drug-likeness (QED) is 0.346. The number of pyridine rings is 1. The summed E-state index contributed by atoms with van der Waals surface area (Å²) >= 11 is 12.3. The van der Waals surface area contributed by atoms with Crippen LogP contribution in [0.5, 0.6) is 11.6 Å². The first-order chi connectivity index (χ1) is 15.8. The number of aromatic nitrogens is 3. The van der Waals surface area contributed by atoms with Gasteiger partial charge in [0.15, 0.2) is 0 Å². The van der Waals surface area contributed by atoms with Gasteiger partial charge in [0.1, 0.15) is 23.5 Å². The molecule has 10 heteroatoms. The van der Waals surface area contributed by atoms with Gasteiger partial charge in [-0.25, -0.2) is 14.4 Å². The van der Waals surface area contributed by atoms with Crippen LogP contribution in [0, 0.1) is 5.82 Å². The van der Waals surface area contributed by atoms with Gasteiger partial charge in [-0.1, -0.05) is 23.2 Å². The van der Waals surface area contributed by atoms with Crippen LogP contribution in [0.15, 0.2) is 42.6 Å². The Kier molecular flexibility index (Phi) is 6.40. The van der Waals surface area contributed by atoms with Gasteiger partial charge in [0.25, 0.3) is 5.91 Å². The van der Waals surface area contributed by atoms with Crippen molar-refractivity contribution in [1.82, 2.24) is 20.3 Å². The van der Waals surface area contributed by atoms with Crippen molar-refractivity contribution < 1.29 is 18.7 Å². The Morgan fingerprint density at radius 3 is 2.73 bits per heavy atom. The molecule has 1 atom stereocenters. The molecule has 33 heavy (non-hydrogen) atoms. The van der Waals surface area contributed by atoms with Crippen LogP contribution in [-0.4, -0.2) is 35.0 Å². The van der Waals surface area contributed by atoms with E-state index in [-0.39, 0.29) is 10.9 Å². The Balaban J connectivity index is 1.70. The fourth-order valence-corrected chi connectivity index (χ4v) is 4.11. The van der Waals surface area contributed by atoms with Gasteiger partial charge >= 0.3 is 0 Å². The number of amides is 1. The van der Waals surface area contributed by atoms with Crippen molar-refractivity contribution in [2.75, 3.05) is 14.2 Å². The average Bonchev–Trinajstić information content (AvgIpc) is 3.24. The standard InChI is InChI=1S/C23H19Cl2FN4O3/c1-11(19-15(24)5-6-16(26)20(19)25)33-13-9-14(23(32-3)28-10-13)21-29-17-7-4-12(22(31)27-2)8-18(17)30-21/h4-11H,1-3H3,(H,27,31)(H,29,30)/t11-/m1/s1. The van der Waals surface area contributed by atoms with E-state index in [2.05, 4.69) is 20.3 Å². The van der Waals surface area contributed by atoms with Gasteiger partial charge in [0, 0.05) is 23.2 Å². The van der Waals surface area contributed by atoms with Crippen molar-refractivity contribution in [3.8, 4) is 23.0 Å². The van der Waals surface area contributed by atoms with E-state index in [9.17, 15) is 9.18 Å². The molecule has 170 valence electrons. The Hall–Kier alpha value is -3.36. The van der Waals surface area contributed by atoms with E-state index < -0.39 is 11.9 Å². The second kappa shape index (κ2) is 9.25.